The standard InChI is InChI=1S/C12H13F3N6/c1-7(8-3-2-4-17-6-8)18-10-5-9(12(13,14)15)19-11(20-10)21-16/h2-7H,16H2,1H3,(H2,18,19,20,21). The first-order valence-corrected chi connectivity index (χ1v) is 5.99. The monoisotopic (exact) mass is 298 g/mol. The highest BCUT2D eigenvalue weighted by Gasteiger charge is 2.33. The number of alkyl halides is 3. The second-order valence-electron chi connectivity index (χ2n) is 4.26. The maximum atomic E-state index is 12.7. The van der Waals surface area contributed by atoms with Gasteiger partial charge in [0.25, 0.3) is 0 Å². The van der Waals surface area contributed by atoms with Gasteiger partial charge in [0.2, 0.25) is 5.95 Å². The predicted octanol–water partition coefficient (Wildman–Crippen LogP) is 2.35. The maximum Gasteiger partial charge on any atom is 0.433 e. The SMILES string of the molecule is CC(Nc1cc(C(F)(F)F)nc(NN)n1)c1cccnc1. The van der Waals surface area contributed by atoms with Crippen LogP contribution in [0.2, 0.25) is 0 Å². The molecule has 2 aromatic rings. The molecule has 0 aliphatic heterocycles. The molecule has 0 aliphatic carbocycles. The van der Waals surface area contributed by atoms with Gasteiger partial charge in [0.05, 0.1) is 6.04 Å². The van der Waals surface area contributed by atoms with Crippen molar-refractivity contribution in [1.29, 1.82) is 0 Å². The van der Waals surface area contributed by atoms with Crippen molar-refractivity contribution in [2.24, 2.45) is 5.84 Å². The molecule has 0 amide bonds. The summed E-state index contributed by atoms with van der Waals surface area (Å²) >= 11 is 0. The van der Waals surface area contributed by atoms with E-state index in [-0.39, 0.29) is 17.8 Å². The third-order valence-electron chi connectivity index (χ3n) is 2.69. The summed E-state index contributed by atoms with van der Waals surface area (Å²) in [4.78, 5) is 11.1. The number of hydrogen-bond acceptors (Lipinski definition) is 6. The molecule has 0 saturated heterocycles. The molecule has 2 rings (SSSR count). The molecule has 9 heteroatoms. The van der Waals surface area contributed by atoms with Crippen LogP contribution in [0.25, 0.3) is 0 Å². The Kier molecular flexibility index (Phi) is 4.22. The van der Waals surface area contributed by atoms with E-state index in [1.165, 1.54) is 0 Å². The van der Waals surface area contributed by atoms with Gasteiger partial charge in [-0.15, -0.1) is 0 Å². The van der Waals surface area contributed by atoms with E-state index in [1.54, 1.807) is 31.5 Å². The number of nitrogens with one attached hydrogen (secondary N) is 2. The molecular weight excluding hydrogens is 285 g/mol. The molecule has 112 valence electrons. The van der Waals surface area contributed by atoms with Crippen LogP contribution >= 0.6 is 0 Å². The van der Waals surface area contributed by atoms with Crippen LogP contribution < -0.4 is 16.6 Å². The highest BCUT2D eigenvalue weighted by atomic mass is 19.4. The minimum Gasteiger partial charge on any atom is -0.363 e. The molecule has 0 saturated carbocycles. The van der Waals surface area contributed by atoms with E-state index in [0.29, 0.717) is 0 Å². The average molecular weight is 298 g/mol. The Morgan fingerprint density at radius 1 is 1.29 bits per heavy atom. The molecule has 2 aromatic heterocycles. The number of aromatic nitrogens is 3. The van der Waals surface area contributed by atoms with Crippen molar-refractivity contribution in [3.8, 4) is 0 Å². The van der Waals surface area contributed by atoms with Crippen molar-refractivity contribution in [2.45, 2.75) is 19.1 Å². The number of halogens is 3. The summed E-state index contributed by atoms with van der Waals surface area (Å²) in [5.41, 5.74) is 1.75. The topological polar surface area (TPSA) is 88.8 Å². The van der Waals surface area contributed by atoms with Crippen LogP contribution in [0.1, 0.15) is 24.2 Å². The fraction of sp³-hybridized carbons (Fsp3) is 0.250. The lowest BCUT2D eigenvalue weighted by molar-refractivity contribution is -0.141. The normalized spacial score (nSPS) is 12.8. The lowest BCUT2D eigenvalue weighted by Crippen LogP contribution is -2.17. The zero-order valence-corrected chi connectivity index (χ0v) is 11.0. The third-order valence-corrected chi connectivity index (χ3v) is 2.69. The third kappa shape index (κ3) is 3.78. The van der Waals surface area contributed by atoms with E-state index in [2.05, 4.69) is 20.3 Å². The Balaban J connectivity index is 2.27. The molecule has 0 aliphatic rings. The predicted molar refractivity (Wildman–Crippen MR) is 71.1 cm³/mol. The quantitative estimate of drug-likeness (QED) is 0.593. The van der Waals surface area contributed by atoms with Gasteiger partial charge in [0, 0.05) is 18.5 Å². The highest BCUT2D eigenvalue weighted by Crippen LogP contribution is 2.30. The first-order chi connectivity index (χ1) is 9.90. The first-order valence-electron chi connectivity index (χ1n) is 5.99. The van der Waals surface area contributed by atoms with Gasteiger partial charge in [-0.2, -0.15) is 18.2 Å². The Morgan fingerprint density at radius 3 is 2.62 bits per heavy atom. The van der Waals surface area contributed by atoms with E-state index in [1.807, 2.05) is 5.43 Å². The number of rotatable bonds is 4. The molecule has 1 unspecified atom stereocenters. The Labute approximate surface area is 118 Å². The second kappa shape index (κ2) is 5.92. The van der Waals surface area contributed by atoms with E-state index < -0.39 is 11.9 Å². The average Bonchev–Trinajstić information content (AvgIpc) is 2.46. The zero-order chi connectivity index (χ0) is 15.5. The summed E-state index contributed by atoms with van der Waals surface area (Å²) in [5, 5.41) is 2.86. The van der Waals surface area contributed by atoms with Gasteiger partial charge in [0.15, 0.2) is 5.69 Å². The molecule has 6 nitrogen and oxygen atoms in total. The van der Waals surface area contributed by atoms with E-state index in [4.69, 9.17) is 5.84 Å². The van der Waals surface area contributed by atoms with E-state index >= 15 is 0 Å². The summed E-state index contributed by atoms with van der Waals surface area (Å²) in [7, 11) is 0. The van der Waals surface area contributed by atoms with Gasteiger partial charge in [-0.1, -0.05) is 6.07 Å². The van der Waals surface area contributed by atoms with Gasteiger partial charge in [0.1, 0.15) is 5.82 Å². The summed E-state index contributed by atoms with van der Waals surface area (Å²) in [6, 6.07) is 4.09. The van der Waals surface area contributed by atoms with Crippen LogP contribution in [0, 0.1) is 0 Å². The lowest BCUT2D eigenvalue weighted by atomic mass is 10.1. The summed E-state index contributed by atoms with van der Waals surface area (Å²) < 4.78 is 38.2. The Morgan fingerprint density at radius 2 is 2.05 bits per heavy atom. The molecule has 2 heterocycles. The van der Waals surface area contributed by atoms with Crippen molar-refractivity contribution >= 4 is 11.8 Å². The van der Waals surface area contributed by atoms with Crippen LogP contribution in [0.5, 0.6) is 0 Å². The molecule has 4 N–H and O–H groups in total. The van der Waals surface area contributed by atoms with Crippen molar-refractivity contribution in [1.82, 2.24) is 15.0 Å². The molecule has 0 radical (unpaired) electrons. The number of hydrogen-bond donors (Lipinski definition) is 3. The van der Waals surface area contributed by atoms with E-state index in [0.717, 1.165) is 11.6 Å². The summed E-state index contributed by atoms with van der Waals surface area (Å²) in [6.07, 6.45) is -1.35. The van der Waals surface area contributed by atoms with Crippen LogP contribution in [-0.2, 0) is 6.18 Å². The number of hydrazine groups is 1. The number of nitrogen functional groups attached to an aromatic ring is 1. The summed E-state index contributed by atoms with van der Waals surface area (Å²) in [6.45, 7) is 1.78. The fourth-order valence-corrected chi connectivity index (χ4v) is 1.67. The molecule has 21 heavy (non-hydrogen) atoms. The maximum absolute atomic E-state index is 12.7. The Bertz CT molecular complexity index is 602. The second-order valence-corrected chi connectivity index (χ2v) is 4.26. The van der Waals surface area contributed by atoms with Crippen molar-refractivity contribution in [3.05, 3.63) is 41.9 Å². The highest BCUT2D eigenvalue weighted by molar-refractivity contribution is 5.44. The molecular formula is C12H13F3N6. The number of nitrogens with two attached hydrogens (primary N) is 1. The number of nitrogens with zero attached hydrogens (tertiary/aromatic N) is 3. The van der Waals surface area contributed by atoms with Crippen molar-refractivity contribution in [2.75, 3.05) is 10.7 Å². The molecule has 0 bridgehead atoms. The molecule has 0 aromatic carbocycles. The minimum atomic E-state index is -4.58. The van der Waals surface area contributed by atoms with Crippen LogP contribution in [0.4, 0.5) is 24.9 Å². The smallest absolute Gasteiger partial charge is 0.363 e. The fourth-order valence-electron chi connectivity index (χ4n) is 1.67. The Hall–Kier alpha value is -2.42. The van der Waals surface area contributed by atoms with Gasteiger partial charge < -0.3 is 5.32 Å². The van der Waals surface area contributed by atoms with Crippen LogP contribution in [-0.4, -0.2) is 15.0 Å². The van der Waals surface area contributed by atoms with E-state index in [9.17, 15) is 13.2 Å². The van der Waals surface area contributed by atoms with Crippen LogP contribution in [0.15, 0.2) is 30.6 Å². The minimum absolute atomic E-state index is 0.0154. The molecule has 1 atom stereocenters. The van der Waals surface area contributed by atoms with Gasteiger partial charge in [-0.05, 0) is 18.6 Å². The first kappa shape index (κ1) is 15.0. The zero-order valence-electron chi connectivity index (χ0n) is 11.0. The van der Waals surface area contributed by atoms with Gasteiger partial charge >= 0.3 is 6.18 Å². The van der Waals surface area contributed by atoms with Gasteiger partial charge in [-0.25, -0.2) is 10.8 Å². The lowest BCUT2D eigenvalue weighted by Gasteiger charge is -2.16. The van der Waals surface area contributed by atoms with Crippen LogP contribution in [0.3, 0.4) is 0 Å². The van der Waals surface area contributed by atoms with Crippen molar-refractivity contribution in [3.63, 3.8) is 0 Å². The summed E-state index contributed by atoms with van der Waals surface area (Å²) in [5.74, 6) is 4.79. The molecule has 0 fully saturated rings. The van der Waals surface area contributed by atoms with Crippen molar-refractivity contribution < 1.29 is 13.2 Å². The molecule has 0 spiro atoms. The largest absolute Gasteiger partial charge is 0.433 e. The number of pyridine rings is 1. The number of anilines is 2. The van der Waals surface area contributed by atoms with Gasteiger partial charge in [-0.3, -0.25) is 10.4 Å².